The number of nitro benzene ring substituents is 1. The van der Waals surface area contributed by atoms with Crippen molar-refractivity contribution >= 4 is 21.5 Å². The molecule has 0 atom stereocenters. The molecule has 0 spiro atoms. The van der Waals surface area contributed by atoms with E-state index in [-0.39, 0.29) is 28.5 Å². The molecule has 2 aromatic carbocycles. The van der Waals surface area contributed by atoms with Gasteiger partial charge in [0.1, 0.15) is 0 Å². The smallest absolute Gasteiger partial charge is 0.310 e. The van der Waals surface area contributed by atoms with Gasteiger partial charge in [-0.15, -0.1) is 0 Å². The van der Waals surface area contributed by atoms with E-state index in [2.05, 4.69) is 0 Å². The summed E-state index contributed by atoms with van der Waals surface area (Å²) in [5.74, 6) is -0.442. The molecule has 0 aromatic heterocycles. The lowest BCUT2D eigenvalue weighted by molar-refractivity contribution is -0.384. The average molecular weight is 349 g/mol. The van der Waals surface area contributed by atoms with E-state index in [1.54, 1.807) is 13.0 Å². The van der Waals surface area contributed by atoms with Gasteiger partial charge < -0.3 is 4.74 Å². The summed E-state index contributed by atoms with van der Waals surface area (Å²) in [7, 11) is -3.83. The zero-order chi connectivity index (χ0) is 17.7. The van der Waals surface area contributed by atoms with Gasteiger partial charge in [-0.1, -0.05) is 12.1 Å². The molecule has 0 aliphatic heterocycles. The minimum absolute atomic E-state index is 0.0122. The lowest BCUT2D eigenvalue weighted by atomic mass is 10.1. The van der Waals surface area contributed by atoms with E-state index in [9.17, 15) is 23.3 Å². The van der Waals surface area contributed by atoms with Crippen LogP contribution in [-0.4, -0.2) is 25.9 Å². The monoisotopic (exact) mass is 349 g/mol. The van der Waals surface area contributed by atoms with Crippen LogP contribution in [0.3, 0.4) is 0 Å². The second kappa shape index (κ2) is 7.22. The van der Waals surface area contributed by atoms with Gasteiger partial charge >= 0.3 is 5.97 Å². The molecule has 8 heteroatoms. The maximum atomic E-state index is 12.6. The lowest BCUT2D eigenvalue weighted by Crippen LogP contribution is -2.08. The van der Waals surface area contributed by atoms with Crippen LogP contribution in [0.25, 0.3) is 0 Å². The SMILES string of the molecule is CCOC(=O)Cc1cccc(S(=O)(=O)c2ccc([N+](=O)[O-])cc2)c1. The summed E-state index contributed by atoms with van der Waals surface area (Å²) >= 11 is 0. The Bertz CT molecular complexity index is 858. The molecule has 0 unspecified atom stereocenters. The number of rotatable bonds is 6. The lowest BCUT2D eigenvalue weighted by Gasteiger charge is -2.07. The van der Waals surface area contributed by atoms with E-state index < -0.39 is 20.7 Å². The normalized spacial score (nSPS) is 11.0. The van der Waals surface area contributed by atoms with Crippen LogP contribution in [0, 0.1) is 10.1 Å². The van der Waals surface area contributed by atoms with E-state index in [4.69, 9.17) is 4.74 Å². The molecule has 0 saturated heterocycles. The van der Waals surface area contributed by atoms with Gasteiger partial charge in [-0.05, 0) is 36.8 Å². The standard InChI is InChI=1S/C16H15NO6S/c1-2-23-16(18)11-12-4-3-5-15(10-12)24(21,22)14-8-6-13(7-9-14)17(19)20/h3-10H,2,11H2,1H3. The molecule has 2 aromatic rings. The van der Waals surface area contributed by atoms with Crippen molar-refractivity contribution in [3.8, 4) is 0 Å². The molecule has 7 nitrogen and oxygen atoms in total. The van der Waals surface area contributed by atoms with Gasteiger partial charge in [-0.25, -0.2) is 8.42 Å². The van der Waals surface area contributed by atoms with Crippen molar-refractivity contribution < 1.29 is 22.9 Å². The first-order chi connectivity index (χ1) is 11.3. The van der Waals surface area contributed by atoms with Gasteiger partial charge in [0.2, 0.25) is 9.84 Å². The van der Waals surface area contributed by atoms with Crippen LogP contribution in [0.2, 0.25) is 0 Å². The number of benzene rings is 2. The first-order valence-corrected chi connectivity index (χ1v) is 8.57. The predicted molar refractivity (Wildman–Crippen MR) is 85.3 cm³/mol. The van der Waals surface area contributed by atoms with Gasteiger partial charge in [0, 0.05) is 12.1 Å². The molecular formula is C16H15NO6S. The minimum atomic E-state index is -3.83. The van der Waals surface area contributed by atoms with Crippen molar-refractivity contribution in [2.24, 2.45) is 0 Å². The number of carbonyl (C=O) groups is 1. The number of nitro groups is 1. The van der Waals surface area contributed by atoms with E-state index in [0.717, 1.165) is 12.1 Å². The zero-order valence-electron chi connectivity index (χ0n) is 12.8. The van der Waals surface area contributed by atoms with Gasteiger partial charge in [0.25, 0.3) is 5.69 Å². The highest BCUT2D eigenvalue weighted by molar-refractivity contribution is 7.91. The van der Waals surface area contributed by atoms with E-state index >= 15 is 0 Å². The Hall–Kier alpha value is -2.74. The molecule has 0 aliphatic rings. The number of carbonyl (C=O) groups excluding carboxylic acids is 1. The largest absolute Gasteiger partial charge is 0.466 e. The summed E-state index contributed by atoms with van der Waals surface area (Å²) in [5, 5.41) is 10.6. The molecular weight excluding hydrogens is 334 g/mol. The number of non-ortho nitro benzene ring substituents is 1. The van der Waals surface area contributed by atoms with Crippen LogP contribution >= 0.6 is 0 Å². The third-order valence-electron chi connectivity index (χ3n) is 3.22. The maximum Gasteiger partial charge on any atom is 0.310 e. The Labute approximate surface area is 139 Å². The maximum absolute atomic E-state index is 12.6. The Morgan fingerprint density at radius 2 is 1.79 bits per heavy atom. The third-order valence-corrected chi connectivity index (χ3v) is 4.99. The summed E-state index contributed by atoms with van der Waals surface area (Å²) in [4.78, 5) is 21.5. The predicted octanol–water partition coefficient (Wildman–Crippen LogP) is 2.53. The Kier molecular flexibility index (Phi) is 5.30. The van der Waals surface area contributed by atoms with E-state index in [1.165, 1.54) is 30.3 Å². The fraction of sp³-hybridized carbons (Fsp3) is 0.188. The second-order valence-corrected chi connectivity index (χ2v) is 6.83. The van der Waals surface area contributed by atoms with Crippen molar-refractivity contribution in [2.45, 2.75) is 23.1 Å². The number of hydrogen-bond donors (Lipinski definition) is 0. The molecule has 24 heavy (non-hydrogen) atoms. The second-order valence-electron chi connectivity index (χ2n) is 4.88. The third kappa shape index (κ3) is 3.96. The van der Waals surface area contributed by atoms with Crippen LogP contribution in [0.1, 0.15) is 12.5 Å². The Morgan fingerprint density at radius 3 is 2.38 bits per heavy atom. The Balaban J connectivity index is 2.32. The highest BCUT2D eigenvalue weighted by Gasteiger charge is 2.19. The van der Waals surface area contributed by atoms with Gasteiger partial charge in [0.15, 0.2) is 0 Å². The average Bonchev–Trinajstić information content (AvgIpc) is 2.55. The first-order valence-electron chi connectivity index (χ1n) is 7.08. The number of ether oxygens (including phenoxy) is 1. The molecule has 0 radical (unpaired) electrons. The molecule has 126 valence electrons. The van der Waals surface area contributed by atoms with Gasteiger partial charge in [-0.2, -0.15) is 0 Å². The molecule has 0 saturated carbocycles. The quantitative estimate of drug-likeness (QED) is 0.451. The summed E-state index contributed by atoms with van der Waals surface area (Å²) in [6.07, 6.45) is -0.0303. The van der Waals surface area contributed by atoms with Crippen LogP contribution in [0.5, 0.6) is 0 Å². The topological polar surface area (TPSA) is 104 Å². The number of esters is 1. The molecule has 2 rings (SSSR count). The van der Waals surface area contributed by atoms with Crippen LogP contribution in [0.15, 0.2) is 58.3 Å². The van der Waals surface area contributed by atoms with E-state index in [0.29, 0.717) is 5.56 Å². The highest BCUT2D eigenvalue weighted by atomic mass is 32.2. The molecule has 0 fully saturated rings. The number of nitrogens with zero attached hydrogens (tertiary/aromatic N) is 1. The van der Waals surface area contributed by atoms with Crippen LogP contribution < -0.4 is 0 Å². The molecule has 0 aliphatic carbocycles. The molecule has 0 amide bonds. The van der Waals surface area contributed by atoms with Crippen LogP contribution in [-0.2, 0) is 25.8 Å². The van der Waals surface area contributed by atoms with Crippen molar-refractivity contribution in [2.75, 3.05) is 6.61 Å². The zero-order valence-corrected chi connectivity index (χ0v) is 13.7. The number of hydrogen-bond acceptors (Lipinski definition) is 6. The molecule has 0 N–H and O–H groups in total. The number of sulfone groups is 1. The summed E-state index contributed by atoms with van der Waals surface area (Å²) < 4.78 is 30.0. The van der Waals surface area contributed by atoms with Crippen molar-refractivity contribution in [3.63, 3.8) is 0 Å². The van der Waals surface area contributed by atoms with Crippen molar-refractivity contribution in [1.29, 1.82) is 0 Å². The minimum Gasteiger partial charge on any atom is -0.466 e. The van der Waals surface area contributed by atoms with Crippen molar-refractivity contribution in [3.05, 3.63) is 64.2 Å². The fourth-order valence-corrected chi connectivity index (χ4v) is 3.42. The van der Waals surface area contributed by atoms with Crippen LogP contribution in [0.4, 0.5) is 5.69 Å². The van der Waals surface area contributed by atoms with E-state index in [1.807, 2.05) is 0 Å². The fourth-order valence-electron chi connectivity index (χ4n) is 2.08. The first kappa shape index (κ1) is 17.6. The van der Waals surface area contributed by atoms with Gasteiger partial charge in [0.05, 0.1) is 27.7 Å². The highest BCUT2D eigenvalue weighted by Crippen LogP contribution is 2.24. The van der Waals surface area contributed by atoms with Crippen molar-refractivity contribution in [1.82, 2.24) is 0 Å². The Morgan fingerprint density at radius 1 is 1.12 bits per heavy atom. The summed E-state index contributed by atoms with van der Waals surface area (Å²) in [6, 6.07) is 10.6. The summed E-state index contributed by atoms with van der Waals surface area (Å²) in [6.45, 7) is 1.94. The van der Waals surface area contributed by atoms with Gasteiger partial charge in [-0.3, -0.25) is 14.9 Å². The molecule has 0 heterocycles. The molecule has 0 bridgehead atoms. The summed E-state index contributed by atoms with van der Waals surface area (Å²) in [5.41, 5.74) is 0.321.